The molecule has 9 nitrogen and oxygen atoms in total. The number of hydrogen-bond donors (Lipinski definition) is 2. The molecule has 0 spiro atoms. The molecule has 0 atom stereocenters. The highest BCUT2D eigenvalue weighted by Crippen LogP contribution is 2.28. The topological polar surface area (TPSA) is 119 Å². The van der Waals surface area contributed by atoms with Crippen LogP contribution in [0.15, 0.2) is 30.3 Å². The number of aromatic nitrogens is 4. The molecule has 1 aliphatic rings. The minimum absolute atomic E-state index is 0.0577. The fourth-order valence-corrected chi connectivity index (χ4v) is 4.25. The van der Waals surface area contributed by atoms with Crippen LogP contribution in [0.25, 0.3) is 0 Å². The van der Waals surface area contributed by atoms with Crippen molar-refractivity contribution in [2.24, 2.45) is 0 Å². The van der Waals surface area contributed by atoms with Gasteiger partial charge in [0.05, 0.1) is 6.42 Å². The molecular weight excluding hydrogens is 422 g/mol. The number of amides is 1. The second-order valence-electron chi connectivity index (χ2n) is 6.31. The number of carbonyl (C=O) groups is 1. The molecule has 3 N–H and O–H groups in total. The molecule has 1 fully saturated rings. The van der Waals surface area contributed by atoms with Crippen molar-refractivity contribution in [2.45, 2.75) is 39.2 Å². The van der Waals surface area contributed by atoms with Crippen LogP contribution in [0.5, 0.6) is 5.19 Å². The first kappa shape index (κ1) is 21.9. The maximum atomic E-state index is 12.1. The number of anilines is 3. The van der Waals surface area contributed by atoms with Crippen LogP contribution in [0.3, 0.4) is 0 Å². The molecule has 160 valence electrons. The normalized spacial score (nSPS) is 14.0. The first-order valence-corrected chi connectivity index (χ1v) is 11.5. The highest BCUT2D eigenvalue weighted by molar-refractivity contribution is 7.18. The zero-order valence-corrected chi connectivity index (χ0v) is 18.6. The standard InChI is InChI=1S/C17H19N7O2S2.C2H6/c18-14-20-22-16(27-14)24-8-6-12(7-9-24)26-17-23-21-15(28-17)19-13(25)10-11-4-2-1-3-5-11;1-2/h1-5,12H,6-10H2,(H2,18,20)(H,19,21,25);1-2H3. The molecule has 4 rings (SSSR count). The van der Waals surface area contributed by atoms with Gasteiger partial charge >= 0.3 is 0 Å². The molecule has 1 saturated heterocycles. The van der Waals surface area contributed by atoms with Crippen molar-refractivity contribution in [3.05, 3.63) is 35.9 Å². The van der Waals surface area contributed by atoms with Gasteiger partial charge in [-0.15, -0.1) is 15.3 Å². The van der Waals surface area contributed by atoms with E-state index < -0.39 is 0 Å². The number of nitrogens with zero attached hydrogens (tertiary/aromatic N) is 5. The predicted octanol–water partition coefficient (Wildman–Crippen LogP) is 3.23. The Morgan fingerprint density at radius 2 is 1.87 bits per heavy atom. The maximum Gasteiger partial charge on any atom is 0.296 e. The molecular formula is C19H25N7O2S2. The summed E-state index contributed by atoms with van der Waals surface area (Å²) >= 11 is 2.63. The van der Waals surface area contributed by atoms with Gasteiger partial charge in [0.2, 0.25) is 21.3 Å². The molecule has 3 aromatic rings. The Balaban J connectivity index is 0.00000124. The molecule has 2 aromatic heterocycles. The monoisotopic (exact) mass is 447 g/mol. The van der Waals surface area contributed by atoms with Gasteiger partial charge in [0.1, 0.15) is 6.10 Å². The van der Waals surface area contributed by atoms with Gasteiger partial charge in [-0.1, -0.05) is 60.6 Å². The molecule has 1 aliphatic heterocycles. The van der Waals surface area contributed by atoms with E-state index >= 15 is 0 Å². The van der Waals surface area contributed by atoms with E-state index in [2.05, 4.69) is 30.6 Å². The number of benzene rings is 1. The lowest BCUT2D eigenvalue weighted by Crippen LogP contribution is -2.38. The average Bonchev–Trinajstić information content (AvgIpc) is 3.39. The quantitative estimate of drug-likeness (QED) is 0.591. The molecule has 1 amide bonds. The Morgan fingerprint density at radius 3 is 2.53 bits per heavy atom. The summed E-state index contributed by atoms with van der Waals surface area (Å²) in [5.74, 6) is -0.126. The molecule has 0 bridgehead atoms. The minimum Gasteiger partial charge on any atom is -0.465 e. The van der Waals surface area contributed by atoms with Crippen molar-refractivity contribution in [2.75, 3.05) is 29.0 Å². The zero-order valence-electron chi connectivity index (χ0n) is 16.9. The molecule has 0 saturated carbocycles. The van der Waals surface area contributed by atoms with Crippen LogP contribution in [-0.4, -0.2) is 45.5 Å². The fraction of sp³-hybridized carbons (Fsp3) is 0.421. The van der Waals surface area contributed by atoms with Gasteiger partial charge in [-0.2, -0.15) is 0 Å². The van der Waals surface area contributed by atoms with E-state index in [0.29, 0.717) is 21.9 Å². The summed E-state index contributed by atoms with van der Waals surface area (Å²) in [4.78, 5) is 14.3. The van der Waals surface area contributed by atoms with Gasteiger partial charge in [-0.3, -0.25) is 4.79 Å². The predicted molar refractivity (Wildman–Crippen MR) is 120 cm³/mol. The van der Waals surface area contributed by atoms with Crippen LogP contribution in [0.1, 0.15) is 32.3 Å². The Bertz CT molecular complexity index is 924. The van der Waals surface area contributed by atoms with Crippen LogP contribution >= 0.6 is 22.7 Å². The first-order valence-electron chi connectivity index (χ1n) is 9.83. The Morgan fingerprint density at radius 1 is 1.13 bits per heavy atom. The molecule has 0 aliphatic carbocycles. The van der Waals surface area contributed by atoms with Crippen molar-refractivity contribution in [3.63, 3.8) is 0 Å². The Labute approximate surface area is 183 Å². The van der Waals surface area contributed by atoms with Crippen LogP contribution in [0.4, 0.5) is 15.4 Å². The largest absolute Gasteiger partial charge is 0.465 e. The summed E-state index contributed by atoms with van der Waals surface area (Å²) in [6.07, 6.45) is 2.04. The van der Waals surface area contributed by atoms with Gasteiger partial charge in [0, 0.05) is 25.9 Å². The molecule has 3 heterocycles. The van der Waals surface area contributed by atoms with Gasteiger partial charge in [0.15, 0.2) is 0 Å². The van der Waals surface area contributed by atoms with Gasteiger partial charge in [-0.05, 0) is 16.9 Å². The number of carbonyl (C=O) groups excluding carboxylic acids is 1. The third-order valence-corrected chi connectivity index (χ3v) is 5.81. The lowest BCUT2D eigenvalue weighted by atomic mass is 10.1. The van der Waals surface area contributed by atoms with Crippen LogP contribution in [-0.2, 0) is 11.2 Å². The Hall–Kier alpha value is -2.79. The van der Waals surface area contributed by atoms with Gasteiger partial charge in [0.25, 0.3) is 5.19 Å². The van der Waals surface area contributed by atoms with E-state index in [4.69, 9.17) is 10.5 Å². The van der Waals surface area contributed by atoms with E-state index in [-0.39, 0.29) is 12.0 Å². The van der Waals surface area contributed by atoms with Crippen molar-refractivity contribution >= 4 is 44.0 Å². The van der Waals surface area contributed by atoms with Crippen LogP contribution in [0.2, 0.25) is 0 Å². The number of piperidine rings is 1. The van der Waals surface area contributed by atoms with E-state index in [1.54, 1.807) is 0 Å². The second kappa shape index (κ2) is 10.8. The van der Waals surface area contributed by atoms with E-state index in [1.165, 1.54) is 22.7 Å². The molecule has 0 unspecified atom stereocenters. The third-order valence-electron chi connectivity index (χ3n) is 4.27. The van der Waals surface area contributed by atoms with E-state index in [1.807, 2.05) is 44.2 Å². The third kappa shape index (κ3) is 6.10. The average molecular weight is 448 g/mol. The summed E-state index contributed by atoms with van der Waals surface area (Å²) in [5, 5.41) is 21.0. The lowest BCUT2D eigenvalue weighted by Gasteiger charge is -2.30. The van der Waals surface area contributed by atoms with Gasteiger partial charge in [-0.25, -0.2) is 0 Å². The van der Waals surface area contributed by atoms with Crippen LogP contribution in [0, 0.1) is 0 Å². The lowest BCUT2D eigenvalue weighted by molar-refractivity contribution is -0.115. The summed E-state index contributed by atoms with van der Waals surface area (Å²) in [5.41, 5.74) is 6.59. The SMILES string of the molecule is CC.Nc1nnc(N2CCC(Oc3nnc(NC(=O)Cc4ccccc4)s3)CC2)s1. The second-order valence-corrected chi connectivity index (χ2v) is 8.24. The highest BCUT2D eigenvalue weighted by atomic mass is 32.1. The maximum absolute atomic E-state index is 12.1. The number of nitrogens with one attached hydrogen (secondary N) is 1. The van der Waals surface area contributed by atoms with Crippen molar-refractivity contribution in [3.8, 4) is 5.19 Å². The molecule has 0 radical (unpaired) electrons. The summed E-state index contributed by atoms with van der Waals surface area (Å²) in [6.45, 7) is 5.64. The molecule has 1 aromatic carbocycles. The highest BCUT2D eigenvalue weighted by Gasteiger charge is 2.24. The van der Waals surface area contributed by atoms with Crippen molar-refractivity contribution in [1.29, 1.82) is 0 Å². The first-order chi connectivity index (χ1) is 14.7. The van der Waals surface area contributed by atoms with Crippen LogP contribution < -0.4 is 20.7 Å². The Kier molecular flexibility index (Phi) is 7.91. The van der Waals surface area contributed by atoms with E-state index in [0.717, 1.165) is 36.6 Å². The number of nitrogens with two attached hydrogens (primary N) is 1. The fourth-order valence-electron chi connectivity index (χ4n) is 2.91. The number of ether oxygens (including phenoxy) is 1. The molecule has 30 heavy (non-hydrogen) atoms. The smallest absolute Gasteiger partial charge is 0.296 e. The number of nitrogen functional groups attached to an aromatic ring is 1. The summed E-state index contributed by atoms with van der Waals surface area (Å²) in [7, 11) is 0. The van der Waals surface area contributed by atoms with Crippen molar-refractivity contribution in [1.82, 2.24) is 20.4 Å². The number of hydrogen-bond acceptors (Lipinski definition) is 10. The molecule has 11 heteroatoms. The summed E-state index contributed by atoms with van der Waals surface area (Å²) in [6, 6.07) is 9.56. The minimum atomic E-state index is -0.126. The van der Waals surface area contributed by atoms with Crippen molar-refractivity contribution < 1.29 is 9.53 Å². The zero-order chi connectivity index (χ0) is 21.3. The summed E-state index contributed by atoms with van der Waals surface area (Å²) < 4.78 is 5.93. The van der Waals surface area contributed by atoms with E-state index in [9.17, 15) is 4.79 Å². The van der Waals surface area contributed by atoms with Gasteiger partial charge < -0.3 is 20.7 Å². The number of rotatable bonds is 6.